The van der Waals surface area contributed by atoms with Crippen molar-refractivity contribution in [3.8, 4) is 11.8 Å². The molecule has 0 atom stereocenters. The Balaban J connectivity index is 1.28. The molecule has 150 valence electrons. The lowest BCUT2D eigenvalue weighted by atomic mass is 10.1. The number of anilines is 2. The summed E-state index contributed by atoms with van der Waals surface area (Å²) in [5, 5.41) is 10.1. The molecule has 3 aromatic rings. The Kier molecular flexibility index (Phi) is 5.59. The fourth-order valence-corrected chi connectivity index (χ4v) is 4.10. The number of aryl methyl sites for hydroxylation is 1. The zero-order chi connectivity index (χ0) is 20.2. The van der Waals surface area contributed by atoms with Crippen molar-refractivity contribution in [2.75, 3.05) is 50.5 Å². The van der Waals surface area contributed by atoms with E-state index < -0.39 is 0 Å². The molecule has 6 heteroatoms. The summed E-state index contributed by atoms with van der Waals surface area (Å²) in [7, 11) is 1.69. The number of methoxy groups -OCH3 is 1. The lowest BCUT2D eigenvalue weighted by molar-refractivity contribution is 0.254. The normalized spacial score (nSPS) is 14.8. The van der Waals surface area contributed by atoms with Crippen LogP contribution in [0, 0.1) is 11.3 Å². The molecule has 0 amide bonds. The number of ether oxygens (including phenoxy) is 1. The predicted molar refractivity (Wildman–Crippen MR) is 117 cm³/mol. The van der Waals surface area contributed by atoms with E-state index in [9.17, 15) is 0 Å². The minimum absolute atomic E-state index is 0.710. The second-order valence-corrected chi connectivity index (χ2v) is 7.56. The van der Waals surface area contributed by atoms with Crippen LogP contribution in [0.4, 0.5) is 11.4 Å². The number of H-pyrrole nitrogens is 1. The number of aromatic amines is 1. The minimum Gasteiger partial charge on any atom is -0.495 e. The zero-order valence-corrected chi connectivity index (χ0v) is 16.8. The Morgan fingerprint density at radius 3 is 2.72 bits per heavy atom. The van der Waals surface area contributed by atoms with Gasteiger partial charge in [0.15, 0.2) is 0 Å². The van der Waals surface area contributed by atoms with Gasteiger partial charge in [-0.1, -0.05) is 12.1 Å². The van der Waals surface area contributed by atoms with Crippen molar-refractivity contribution in [2.24, 2.45) is 0 Å². The minimum atomic E-state index is 0.710. The van der Waals surface area contributed by atoms with Gasteiger partial charge < -0.3 is 20.4 Å². The molecule has 2 aromatic carbocycles. The fraction of sp³-hybridized carbons (Fsp3) is 0.348. The van der Waals surface area contributed by atoms with Crippen LogP contribution in [0.1, 0.15) is 17.5 Å². The highest BCUT2D eigenvalue weighted by Gasteiger charge is 2.19. The van der Waals surface area contributed by atoms with Gasteiger partial charge in [0.05, 0.1) is 18.4 Å². The van der Waals surface area contributed by atoms with Crippen molar-refractivity contribution >= 4 is 22.3 Å². The molecule has 2 heterocycles. The van der Waals surface area contributed by atoms with Crippen LogP contribution in [0.2, 0.25) is 0 Å². The topological polar surface area (TPSA) is 81.3 Å². The second-order valence-electron chi connectivity index (χ2n) is 7.56. The van der Waals surface area contributed by atoms with Gasteiger partial charge in [-0.15, -0.1) is 0 Å². The predicted octanol–water partition coefficient (Wildman–Crippen LogP) is 3.39. The first-order valence-corrected chi connectivity index (χ1v) is 10.1. The molecule has 0 spiro atoms. The number of hydrogen-bond donors (Lipinski definition) is 2. The molecule has 29 heavy (non-hydrogen) atoms. The van der Waals surface area contributed by atoms with Gasteiger partial charge in [0.1, 0.15) is 11.8 Å². The Morgan fingerprint density at radius 2 is 1.97 bits per heavy atom. The highest BCUT2D eigenvalue weighted by atomic mass is 16.5. The van der Waals surface area contributed by atoms with Gasteiger partial charge in [0.2, 0.25) is 0 Å². The van der Waals surface area contributed by atoms with Gasteiger partial charge in [-0.3, -0.25) is 4.90 Å². The SMILES string of the molecule is COc1cc(N)ccc1N1CCN(CCCc2ccc3c(C#N)c[nH]c3c2)CC1. The summed E-state index contributed by atoms with van der Waals surface area (Å²) < 4.78 is 5.50. The lowest BCUT2D eigenvalue weighted by Gasteiger charge is -2.36. The number of rotatable bonds is 6. The number of nitrogen functional groups attached to an aromatic ring is 1. The lowest BCUT2D eigenvalue weighted by Crippen LogP contribution is -2.46. The number of nitriles is 1. The quantitative estimate of drug-likeness (QED) is 0.632. The molecule has 0 aliphatic carbocycles. The van der Waals surface area contributed by atoms with E-state index in [0.717, 1.165) is 73.6 Å². The van der Waals surface area contributed by atoms with Gasteiger partial charge in [0.25, 0.3) is 0 Å². The van der Waals surface area contributed by atoms with E-state index in [1.54, 1.807) is 13.3 Å². The van der Waals surface area contributed by atoms with E-state index in [2.05, 4.69) is 45.1 Å². The number of nitrogens with two attached hydrogens (primary N) is 1. The number of piperazine rings is 1. The third-order valence-electron chi connectivity index (χ3n) is 5.72. The molecule has 0 saturated carbocycles. The number of nitrogens with zero attached hydrogens (tertiary/aromatic N) is 3. The smallest absolute Gasteiger partial charge is 0.144 e. The van der Waals surface area contributed by atoms with Gasteiger partial charge in [0, 0.05) is 55.0 Å². The molecule has 6 nitrogen and oxygen atoms in total. The van der Waals surface area contributed by atoms with E-state index in [4.69, 9.17) is 15.7 Å². The van der Waals surface area contributed by atoms with Crippen molar-refractivity contribution in [1.29, 1.82) is 5.26 Å². The average molecular weight is 390 g/mol. The largest absolute Gasteiger partial charge is 0.495 e. The van der Waals surface area contributed by atoms with E-state index in [0.29, 0.717) is 5.56 Å². The Hall–Kier alpha value is -3.17. The van der Waals surface area contributed by atoms with Crippen LogP contribution in [0.15, 0.2) is 42.6 Å². The summed E-state index contributed by atoms with van der Waals surface area (Å²) in [4.78, 5) is 8.10. The molecular formula is C23H27N5O. The highest BCUT2D eigenvalue weighted by Crippen LogP contribution is 2.31. The van der Waals surface area contributed by atoms with Gasteiger partial charge in [-0.2, -0.15) is 5.26 Å². The third kappa shape index (κ3) is 4.15. The van der Waals surface area contributed by atoms with Crippen molar-refractivity contribution in [1.82, 2.24) is 9.88 Å². The van der Waals surface area contributed by atoms with E-state index in [-0.39, 0.29) is 0 Å². The van der Waals surface area contributed by atoms with Crippen LogP contribution in [0.5, 0.6) is 5.75 Å². The maximum Gasteiger partial charge on any atom is 0.144 e. The van der Waals surface area contributed by atoms with Crippen LogP contribution in [-0.2, 0) is 6.42 Å². The third-order valence-corrected chi connectivity index (χ3v) is 5.72. The first-order valence-electron chi connectivity index (χ1n) is 10.1. The number of hydrogen-bond acceptors (Lipinski definition) is 5. The summed E-state index contributed by atoms with van der Waals surface area (Å²) in [6.45, 7) is 5.18. The molecule has 1 fully saturated rings. The Morgan fingerprint density at radius 1 is 1.14 bits per heavy atom. The van der Waals surface area contributed by atoms with Crippen LogP contribution in [0.3, 0.4) is 0 Å². The van der Waals surface area contributed by atoms with Gasteiger partial charge in [-0.05, 0) is 43.1 Å². The maximum absolute atomic E-state index is 9.12. The average Bonchev–Trinajstić information content (AvgIpc) is 3.16. The maximum atomic E-state index is 9.12. The van der Waals surface area contributed by atoms with Crippen molar-refractivity contribution in [3.05, 3.63) is 53.7 Å². The Bertz CT molecular complexity index is 1030. The van der Waals surface area contributed by atoms with Crippen LogP contribution >= 0.6 is 0 Å². The molecule has 1 aliphatic heterocycles. The molecule has 0 radical (unpaired) electrons. The summed E-state index contributed by atoms with van der Waals surface area (Å²) in [6.07, 6.45) is 3.95. The zero-order valence-electron chi connectivity index (χ0n) is 16.8. The van der Waals surface area contributed by atoms with Crippen LogP contribution in [-0.4, -0.2) is 49.7 Å². The monoisotopic (exact) mass is 389 g/mol. The highest BCUT2D eigenvalue weighted by molar-refractivity contribution is 5.86. The molecule has 1 aliphatic rings. The van der Waals surface area contributed by atoms with Crippen molar-refractivity contribution in [2.45, 2.75) is 12.8 Å². The molecule has 1 aromatic heterocycles. The summed E-state index contributed by atoms with van der Waals surface area (Å²) in [5.41, 5.74) is 10.8. The Labute approximate surface area is 171 Å². The first kappa shape index (κ1) is 19.2. The molecule has 0 bridgehead atoms. The molecule has 3 N–H and O–H groups in total. The van der Waals surface area contributed by atoms with Crippen LogP contribution in [0.25, 0.3) is 10.9 Å². The van der Waals surface area contributed by atoms with Crippen molar-refractivity contribution in [3.63, 3.8) is 0 Å². The molecular weight excluding hydrogens is 362 g/mol. The second kappa shape index (κ2) is 8.46. The molecule has 1 saturated heterocycles. The summed E-state index contributed by atoms with van der Waals surface area (Å²) in [5.74, 6) is 0.845. The standard InChI is InChI=1S/C23H27N5O/c1-29-23-14-19(25)5-7-22(23)28-11-9-27(10-12-28)8-2-3-17-4-6-20-18(15-24)16-26-21(20)13-17/h4-7,13-14,16,26H,2-3,8-12,25H2,1H3. The molecule has 0 unspecified atom stereocenters. The summed E-state index contributed by atoms with van der Waals surface area (Å²) in [6, 6.07) is 14.5. The fourth-order valence-electron chi connectivity index (χ4n) is 4.10. The van der Waals surface area contributed by atoms with Crippen molar-refractivity contribution < 1.29 is 4.74 Å². The van der Waals surface area contributed by atoms with E-state index in [1.807, 2.05) is 12.1 Å². The number of fused-ring (bicyclic) bond motifs is 1. The van der Waals surface area contributed by atoms with E-state index in [1.165, 1.54) is 5.56 Å². The first-order chi connectivity index (χ1) is 14.2. The number of benzene rings is 2. The summed E-state index contributed by atoms with van der Waals surface area (Å²) >= 11 is 0. The van der Waals surface area contributed by atoms with Gasteiger partial charge in [-0.25, -0.2) is 0 Å². The van der Waals surface area contributed by atoms with Crippen LogP contribution < -0.4 is 15.4 Å². The van der Waals surface area contributed by atoms with Gasteiger partial charge >= 0.3 is 0 Å². The number of nitrogens with one attached hydrogen (secondary N) is 1. The number of aromatic nitrogens is 1. The molecule has 4 rings (SSSR count). The van der Waals surface area contributed by atoms with E-state index >= 15 is 0 Å².